The third kappa shape index (κ3) is 4.62. The molecule has 3 N–H and O–H groups in total. The first kappa shape index (κ1) is 15.6. The number of aliphatic carboxylic acids is 1. The second-order valence-electron chi connectivity index (χ2n) is 4.33. The first-order valence-electron chi connectivity index (χ1n) is 6.21. The molecule has 1 unspecified atom stereocenters. The van der Waals surface area contributed by atoms with Gasteiger partial charge in [-0.1, -0.05) is 0 Å². The Labute approximate surface area is 129 Å². The Balaban J connectivity index is 1.79. The van der Waals surface area contributed by atoms with Crippen molar-refractivity contribution in [3.05, 3.63) is 27.9 Å². The van der Waals surface area contributed by atoms with Gasteiger partial charge in [-0.3, -0.25) is 4.79 Å². The smallest absolute Gasteiger partial charge is 0.332 e. The second-order valence-corrected chi connectivity index (χ2v) is 5.96. The number of nitrogens with one attached hydrogen (secondary N) is 1. The average molecular weight is 326 g/mol. The minimum absolute atomic E-state index is 0.0156. The number of thiazole rings is 1. The zero-order chi connectivity index (χ0) is 15.2. The fourth-order valence-corrected chi connectivity index (χ4v) is 3.14. The van der Waals surface area contributed by atoms with Crippen LogP contribution in [0.4, 0.5) is 0 Å². The summed E-state index contributed by atoms with van der Waals surface area (Å²) in [6, 6.07) is 1.97. The van der Waals surface area contributed by atoms with Crippen molar-refractivity contribution in [2.45, 2.75) is 18.9 Å². The normalized spacial score (nSPS) is 12.0. The molecule has 0 fully saturated rings. The molecule has 0 saturated heterocycles. The lowest BCUT2D eigenvalue weighted by Crippen LogP contribution is -2.31. The minimum Gasteiger partial charge on any atom is -0.479 e. The predicted octanol–water partition coefficient (Wildman–Crippen LogP) is 1.37. The number of carboxylic acid groups (broad SMARTS) is 1. The van der Waals surface area contributed by atoms with Gasteiger partial charge in [0.2, 0.25) is 5.91 Å². The lowest BCUT2D eigenvalue weighted by Gasteiger charge is -2.06. The molecule has 0 aliphatic carbocycles. The van der Waals surface area contributed by atoms with Crippen molar-refractivity contribution in [2.75, 3.05) is 6.54 Å². The molecule has 8 heteroatoms. The zero-order valence-electron chi connectivity index (χ0n) is 11.0. The van der Waals surface area contributed by atoms with E-state index in [1.807, 2.05) is 22.2 Å². The van der Waals surface area contributed by atoms with Crippen LogP contribution in [-0.2, 0) is 16.0 Å². The molecule has 6 nitrogen and oxygen atoms in total. The number of aliphatic hydroxyl groups excluding tert-OH is 1. The molecule has 1 atom stereocenters. The van der Waals surface area contributed by atoms with Crippen molar-refractivity contribution in [2.24, 2.45) is 0 Å². The van der Waals surface area contributed by atoms with Gasteiger partial charge >= 0.3 is 5.97 Å². The number of thiophene rings is 1. The summed E-state index contributed by atoms with van der Waals surface area (Å²) in [5.74, 6) is -1.53. The van der Waals surface area contributed by atoms with Crippen LogP contribution in [0, 0.1) is 0 Å². The highest BCUT2D eigenvalue weighted by molar-refractivity contribution is 7.14. The lowest BCUT2D eigenvalue weighted by molar-refractivity contribution is -0.147. The summed E-state index contributed by atoms with van der Waals surface area (Å²) in [5.41, 5.74) is 1.72. The predicted molar refractivity (Wildman–Crippen MR) is 80.4 cm³/mol. The van der Waals surface area contributed by atoms with Gasteiger partial charge in [-0.2, -0.15) is 11.3 Å². The van der Waals surface area contributed by atoms with Crippen molar-refractivity contribution in [3.63, 3.8) is 0 Å². The SMILES string of the molecule is O=C(Cc1csc(-c2ccsc2)n1)NCCC(O)C(=O)O. The van der Waals surface area contributed by atoms with E-state index in [9.17, 15) is 9.59 Å². The van der Waals surface area contributed by atoms with E-state index in [1.54, 1.807) is 11.3 Å². The highest BCUT2D eigenvalue weighted by atomic mass is 32.1. The number of amides is 1. The van der Waals surface area contributed by atoms with E-state index in [0.717, 1.165) is 10.6 Å². The topological polar surface area (TPSA) is 99.5 Å². The summed E-state index contributed by atoms with van der Waals surface area (Å²) in [5, 5.41) is 26.8. The van der Waals surface area contributed by atoms with E-state index in [1.165, 1.54) is 11.3 Å². The molecule has 2 rings (SSSR count). The molecule has 21 heavy (non-hydrogen) atoms. The quantitative estimate of drug-likeness (QED) is 0.713. The minimum atomic E-state index is -1.45. The fourth-order valence-electron chi connectivity index (χ4n) is 1.61. The number of hydrogen-bond donors (Lipinski definition) is 3. The maximum absolute atomic E-state index is 11.7. The first-order valence-corrected chi connectivity index (χ1v) is 8.03. The van der Waals surface area contributed by atoms with Gasteiger partial charge in [0.1, 0.15) is 5.01 Å². The van der Waals surface area contributed by atoms with Crippen LogP contribution in [0.25, 0.3) is 10.6 Å². The number of carbonyl (C=O) groups excluding carboxylic acids is 1. The van der Waals surface area contributed by atoms with Crippen LogP contribution in [0.2, 0.25) is 0 Å². The summed E-state index contributed by atoms with van der Waals surface area (Å²) in [7, 11) is 0. The largest absolute Gasteiger partial charge is 0.479 e. The Bertz CT molecular complexity index is 609. The molecule has 2 aromatic rings. The molecular weight excluding hydrogens is 312 g/mol. The summed E-state index contributed by atoms with van der Waals surface area (Å²) in [6.07, 6.45) is -1.32. The van der Waals surface area contributed by atoms with Gasteiger partial charge < -0.3 is 15.5 Å². The van der Waals surface area contributed by atoms with Crippen LogP contribution in [0.1, 0.15) is 12.1 Å². The molecule has 0 bridgehead atoms. The molecule has 112 valence electrons. The van der Waals surface area contributed by atoms with Gasteiger partial charge in [-0.05, 0) is 11.4 Å². The van der Waals surface area contributed by atoms with Crippen LogP contribution in [-0.4, -0.2) is 39.7 Å². The molecule has 0 aromatic carbocycles. The number of nitrogens with zero attached hydrogens (tertiary/aromatic N) is 1. The molecule has 0 aliphatic heterocycles. The van der Waals surface area contributed by atoms with Crippen LogP contribution in [0.5, 0.6) is 0 Å². The lowest BCUT2D eigenvalue weighted by atomic mass is 10.2. The Kier molecular flexibility index (Phi) is 5.43. The van der Waals surface area contributed by atoms with Crippen molar-refractivity contribution >= 4 is 34.6 Å². The Morgan fingerprint density at radius 2 is 2.19 bits per heavy atom. The van der Waals surface area contributed by atoms with Crippen molar-refractivity contribution in [1.82, 2.24) is 10.3 Å². The maximum Gasteiger partial charge on any atom is 0.332 e. The van der Waals surface area contributed by atoms with E-state index in [4.69, 9.17) is 10.2 Å². The van der Waals surface area contributed by atoms with Gasteiger partial charge in [0.25, 0.3) is 0 Å². The molecular formula is C13H14N2O4S2. The van der Waals surface area contributed by atoms with Crippen LogP contribution in [0.15, 0.2) is 22.2 Å². The Morgan fingerprint density at radius 3 is 2.86 bits per heavy atom. The van der Waals surface area contributed by atoms with E-state index in [2.05, 4.69) is 10.3 Å². The number of aromatic nitrogens is 1. The molecule has 1 amide bonds. The third-order valence-electron chi connectivity index (χ3n) is 2.69. The van der Waals surface area contributed by atoms with Gasteiger partial charge in [0, 0.05) is 29.3 Å². The summed E-state index contributed by atoms with van der Waals surface area (Å²) < 4.78 is 0. The Morgan fingerprint density at radius 1 is 1.38 bits per heavy atom. The fraction of sp³-hybridized carbons (Fsp3) is 0.308. The van der Waals surface area contributed by atoms with Crippen molar-refractivity contribution in [3.8, 4) is 10.6 Å². The monoisotopic (exact) mass is 326 g/mol. The summed E-state index contributed by atoms with van der Waals surface area (Å²) >= 11 is 3.07. The number of hydrogen-bond acceptors (Lipinski definition) is 6. The highest BCUT2D eigenvalue weighted by Gasteiger charge is 2.13. The van der Waals surface area contributed by atoms with E-state index < -0.39 is 12.1 Å². The van der Waals surface area contributed by atoms with Gasteiger partial charge in [-0.15, -0.1) is 11.3 Å². The first-order chi connectivity index (χ1) is 10.1. The average Bonchev–Trinajstić information content (AvgIpc) is 3.08. The Hall–Kier alpha value is -1.77. The van der Waals surface area contributed by atoms with Gasteiger partial charge in [0.15, 0.2) is 6.10 Å². The van der Waals surface area contributed by atoms with E-state index in [-0.39, 0.29) is 25.3 Å². The van der Waals surface area contributed by atoms with Crippen molar-refractivity contribution < 1.29 is 19.8 Å². The van der Waals surface area contributed by atoms with Crippen molar-refractivity contribution in [1.29, 1.82) is 0 Å². The molecule has 0 saturated carbocycles. The van der Waals surface area contributed by atoms with Gasteiger partial charge in [0.05, 0.1) is 12.1 Å². The van der Waals surface area contributed by atoms with Crippen LogP contribution in [0.3, 0.4) is 0 Å². The number of carbonyl (C=O) groups is 2. The van der Waals surface area contributed by atoms with Gasteiger partial charge in [-0.25, -0.2) is 9.78 Å². The molecule has 0 radical (unpaired) electrons. The summed E-state index contributed by atoms with van der Waals surface area (Å²) in [6.45, 7) is 0.119. The molecule has 2 aromatic heterocycles. The van der Waals surface area contributed by atoms with E-state index in [0.29, 0.717) is 5.69 Å². The second kappa shape index (κ2) is 7.30. The number of carboxylic acids is 1. The standard InChI is InChI=1S/C13H14N2O4S2/c16-10(13(18)19)1-3-14-11(17)5-9-7-21-12(15-9)8-2-4-20-6-8/h2,4,6-7,10,16H,1,3,5H2,(H,14,17)(H,18,19). The van der Waals surface area contributed by atoms with Crippen LogP contribution >= 0.6 is 22.7 Å². The van der Waals surface area contributed by atoms with E-state index >= 15 is 0 Å². The third-order valence-corrected chi connectivity index (χ3v) is 4.31. The maximum atomic E-state index is 11.7. The molecule has 0 spiro atoms. The van der Waals surface area contributed by atoms with Crippen LogP contribution < -0.4 is 5.32 Å². The zero-order valence-corrected chi connectivity index (χ0v) is 12.6. The number of rotatable bonds is 7. The highest BCUT2D eigenvalue weighted by Crippen LogP contribution is 2.25. The summed E-state index contributed by atoms with van der Waals surface area (Å²) in [4.78, 5) is 26.5. The molecule has 2 heterocycles. The molecule has 0 aliphatic rings. The number of aliphatic hydroxyl groups is 1.